The van der Waals surface area contributed by atoms with E-state index in [-0.39, 0.29) is 17.6 Å². The van der Waals surface area contributed by atoms with Crippen LogP contribution >= 0.6 is 23.2 Å². The zero-order valence-electron chi connectivity index (χ0n) is 25.7. The number of hydrogen-bond acceptors (Lipinski definition) is 3. The Balaban J connectivity index is 1.55. The van der Waals surface area contributed by atoms with Gasteiger partial charge in [0.2, 0.25) is 11.8 Å². The Kier molecular flexibility index (Phi) is 6.70. The van der Waals surface area contributed by atoms with Crippen molar-refractivity contribution in [1.29, 1.82) is 0 Å². The molecule has 2 amide bonds. The molecule has 8 rings (SSSR count). The van der Waals surface area contributed by atoms with Crippen molar-refractivity contribution in [2.75, 3.05) is 4.90 Å². The number of halogens is 2. The molecule has 0 unspecified atom stereocenters. The Morgan fingerprint density at radius 3 is 1.36 bits per heavy atom. The van der Waals surface area contributed by atoms with E-state index in [1.807, 2.05) is 117 Å². The Morgan fingerprint density at radius 2 is 0.957 bits per heavy atom. The highest BCUT2D eigenvalue weighted by molar-refractivity contribution is 6.39. The van der Waals surface area contributed by atoms with Crippen LogP contribution in [0.1, 0.15) is 33.4 Å². The molecule has 5 aromatic carbocycles. The number of rotatable bonds is 5. The molecule has 1 aliphatic heterocycles. The van der Waals surface area contributed by atoms with Crippen LogP contribution < -0.4 is 4.90 Å². The first kappa shape index (κ1) is 29.6. The van der Waals surface area contributed by atoms with Gasteiger partial charge in [0.1, 0.15) is 0 Å². The fourth-order valence-corrected chi connectivity index (χ4v) is 8.73. The Morgan fingerprint density at radius 1 is 0.532 bits per heavy atom. The van der Waals surface area contributed by atoms with Crippen LogP contribution in [0, 0.1) is 25.7 Å². The van der Waals surface area contributed by atoms with Crippen LogP contribution in [-0.4, -0.2) is 17.6 Å². The molecule has 4 nitrogen and oxygen atoms in total. The number of nitrogens with zero attached hydrogens (tertiary/aromatic N) is 1. The highest BCUT2D eigenvalue weighted by Gasteiger charge is 2.82. The van der Waals surface area contributed by atoms with E-state index in [9.17, 15) is 0 Å². The number of allylic oxidation sites excluding steroid dienone is 2. The first-order chi connectivity index (χ1) is 22.7. The highest BCUT2D eigenvalue weighted by Crippen LogP contribution is 2.74. The first-order valence-electron chi connectivity index (χ1n) is 15.6. The lowest BCUT2D eigenvalue weighted by molar-refractivity contribution is -0.130. The summed E-state index contributed by atoms with van der Waals surface area (Å²) in [6.07, 6.45) is 0. The summed E-state index contributed by atoms with van der Waals surface area (Å²) in [5.74, 6) is -2.98. The van der Waals surface area contributed by atoms with Crippen molar-refractivity contribution in [3.8, 4) is 0 Å². The summed E-state index contributed by atoms with van der Waals surface area (Å²) in [5.41, 5.74) is 3.88. The Hall–Kier alpha value is -4.77. The van der Waals surface area contributed by atoms with Crippen molar-refractivity contribution < 1.29 is 14.4 Å². The molecule has 0 spiro atoms. The predicted octanol–water partition coefficient (Wildman–Crippen LogP) is 8.80. The number of hydrogen-bond donors (Lipinski definition) is 0. The molecule has 6 heteroatoms. The van der Waals surface area contributed by atoms with Crippen LogP contribution in [0.2, 0.25) is 10.0 Å². The molecule has 0 aromatic heterocycles. The summed E-state index contributed by atoms with van der Waals surface area (Å²) in [7, 11) is 0. The number of carbonyl (C=O) groups excluding carboxylic acids is 3. The molecule has 0 radical (unpaired) electrons. The molecule has 4 atom stereocenters. The summed E-state index contributed by atoms with van der Waals surface area (Å²) < 4.78 is 0. The van der Waals surface area contributed by atoms with Crippen LogP contribution in [0.25, 0.3) is 11.1 Å². The molecule has 2 aliphatic carbocycles. The summed E-state index contributed by atoms with van der Waals surface area (Å²) in [6, 6.07) is 39.5. The van der Waals surface area contributed by atoms with Gasteiger partial charge < -0.3 is 0 Å². The largest absolute Gasteiger partial charge is 0.297 e. The Bertz CT molecular complexity index is 2010. The zero-order valence-corrected chi connectivity index (χ0v) is 27.2. The third kappa shape index (κ3) is 3.86. The van der Waals surface area contributed by atoms with Gasteiger partial charge in [-0.15, -0.1) is 0 Å². The van der Waals surface area contributed by atoms with Crippen LogP contribution in [-0.2, 0) is 25.2 Å². The van der Waals surface area contributed by atoms with Crippen LogP contribution in [0.3, 0.4) is 0 Å². The Labute approximate surface area is 283 Å². The van der Waals surface area contributed by atoms with E-state index in [4.69, 9.17) is 23.2 Å². The maximum absolute atomic E-state index is 16.0. The van der Waals surface area contributed by atoms with Crippen molar-refractivity contribution in [3.63, 3.8) is 0 Å². The maximum Gasteiger partial charge on any atom is 0.239 e. The monoisotopic (exact) mass is 653 g/mol. The van der Waals surface area contributed by atoms with Gasteiger partial charge in [0.05, 0.1) is 28.4 Å². The molecular formula is C41H29Cl2NO3. The van der Waals surface area contributed by atoms with E-state index in [0.29, 0.717) is 26.9 Å². The summed E-state index contributed by atoms with van der Waals surface area (Å²) in [6.45, 7) is 3.96. The number of carbonyl (C=O) groups is 3. The molecule has 3 aliphatic rings. The average Bonchev–Trinajstić information content (AvgIpc) is 3.59. The molecule has 0 N–H and O–H groups in total. The third-order valence-corrected chi connectivity index (χ3v) is 11.0. The second kappa shape index (κ2) is 10.6. The molecule has 2 fully saturated rings. The van der Waals surface area contributed by atoms with Crippen LogP contribution in [0.15, 0.2) is 127 Å². The number of fused-ring (bicyclic) bond motifs is 5. The smallest absolute Gasteiger partial charge is 0.239 e. The first-order valence-corrected chi connectivity index (χ1v) is 16.4. The van der Waals surface area contributed by atoms with Gasteiger partial charge >= 0.3 is 0 Å². The molecule has 47 heavy (non-hydrogen) atoms. The van der Waals surface area contributed by atoms with Gasteiger partial charge in [-0.3, -0.25) is 14.4 Å². The highest BCUT2D eigenvalue weighted by atomic mass is 35.5. The van der Waals surface area contributed by atoms with Crippen LogP contribution in [0.4, 0.5) is 5.69 Å². The molecule has 1 heterocycles. The standard InChI is InChI=1S/C41H29Cl2NO3/c1-24-13-22-32(23-25(24)2)44-37(45)35-36(38(44)46)41(29-16-20-31(43)21-17-29)34(27-11-7-4-8-12-27)33(26-9-5-3-6-10-26)40(35,39(41)47)28-14-18-30(42)19-15-28/h3-23,35-36H,1-2H3/t35-,36-,40-,41-/m0/s1. The molecule has 5 aromatic rings. The number of anilines is 1. The molecule has 230 valence electrons. The SMILES string of the molecule is Cc1ccc(N2C(=O)[C@@H]3[C@@H](C2=O)[C@@]2(c4ccc(Cl)cc4)C(=O)[C@@]3(c3ccc(Cl)cc3)C(c3ccccc3)=C2c2ccccc2)cc1C. The number of imide groups is 1. The van der Waals surface area contributed by atoms with Gasteiger partial charge in [-0.25, -0.2) is 4.90 Å². The second-order valence-corrected chi connectivity index (χ2v) is 13.5. The molecule has 1 saturated carbocycles. The van der Waals surface area contributed by atoms with Crippen molar-refractivity contribution in [2.45, 2.75) is 24.7 Å². The minimum atomic E-state index is -1.50. The fourth-order valence-electron chi connectivity index (χ4n) is 8.48. The van der Waals surface area contributed by atoms with Gasteiger partial charge in [0.25, 0.3) is 0 Å². The number of Topliss-reactive ketones (excluding diaryl/α,β-unsaturated/α-hetero) is 1. The van der Waals surface area contributed by atoms with Gasteiger partial charge in [-0.05, 0) is 94.8 Å². The van der Waals surface area contributed by atoms with Gasteiger partial charge in [0.15, 0.2) is 5.78 Å². The van der Waals surface area contributed by atoms with Gasteiger partial charge in [-0.1, -0.05) is 114 Å². The number of aryl methyl sites for hydroxylation is 2. The van der Waals surface area contributed by atoms with Crippen molar-refractivity contribution >= 4 is 57.6 Å². The molecular weight excluding hydrogens is 625 g/mol. The molecule has 2 bridgehead atoms. The lowest BCUT2D eigenvalue weighted by Gasteiger charge is -2.39. The van der Waals surface area contributed by atoms with Crippen LogP contribution in [0.5, 0.6) is 0 Å². The molecule has 1 saturated heterocycles. The van der Waals surface area contributed by atoms with Crippen molar-refractivity contribution in [1.82, 2.24) is 0 Å². The number of amides is 2. The third-order valence-electron chi connectivity index (χ3n) is 10.5. The summed E-state index contributed by atoms with van der Waals surface area (Å²) in [4.78, 5) is 47.5. The fraction of sp³-hybridized carbons (Fsp3) is 0.146. The van der Waals surface area contributed by atoms with E-state index in [1.54, 1.807) is 24.3 Å². The summed E-state index contributed by atoms with van der Waals surface area (Å²) >= 11 is 12.8. The average molecular weight is 655 g/mol. The van der Waals surface area contributed by atoms with Gasteiger partial charge in [-0.2, -0.15) is 0 Å². The maximum atomic E-state index is 16.0. The summed E-state index contributed by atoms with van der Waals surface area (Å²) in [5, 5.41) is 1.02. The van der Waals surface area contributed by atoms with Crippen molar-refractivity contribution in [2.24, 2.45) is 11.8 Å². The minimum absolute atomic E-state index is 0.191. The van der Waals surface area contributed by atoms with E-state index >= 15 is 14.4 Å². The minimum Gasteiger partial charge on any atom is -0.297 e. The number of benzene rings is 5. The normalized spacial score (nSPS) is 24.8. The second-order valence-electron chi connectivity index (χ2n) is 12.7. The quantitative estimate of drug-likeness (QED) is 0.178. The number of ketones is 1. The van der Waals surface area contributed by atoms with E-state index in [2.05, 4.69) is 0 Å². The predicted molar refractivity (Wildman–Crippen MR) is 186 cm³/mol. The van der Waals surface area contributed by atoms with Gasteiger partial charge in [0, 0.05) is 10.0 Å². The lowest BCUT2D eigenvalue weighted by atomic mass is 9.59. The van der Waals surface area contributed by atoms with E-state index < -0.39 is 22.7 Å². The zero-order chi connectivity index (χ0) is 32.7. The topological polar surface area (TPSA) is 54.5 Å². The van der Waals surface area contributed by atoms with Crippen molar-refractivity contribution in [3.05, 3.63) is 171 Å². The van der Waals surface area contributed by atoms with E-state index in [1.165, 1.54) is 4.90 Å². The van der Waals surface area contributed by atoms with E-state index in [0.717, 1.165) is 33.4 Å². The lowest BCUT2D eigenvalue weighted by Crippen LogP contribution is -2.45.